The Bertz CT molecular complexity index is 629. The van der Waals surface area contributed by atoms with Gasteiger partial charge in [0.25, 0.3) is 0 Å². The van der Waals surface area contributed by atoms with Gasteiger partial charge in [-0.25, -0.2) is 0 Å². The van der Waals surface area contributed by atoms with Crippen LogP contribution in [0.1, 0.15) is 40.5 Å². The van der Waals surface area contributed by atoms with Crippen LogP contribution in [0.5, 0.6) is 0 Å². The molecule has 2 nitrogen and oxygen atoms in total. The van der Waals surface area contributed by atoms with Crippen LogP contribution in [-0.4, -0.2) is 27.1 Å². The maximum atomic E-state index is 11.4. The molecule has 0 spiro atoms. The highest BCUT2D eigenvalue weighted by molar-refractivity contribution is 6.91. The van der Waals surface area contributed by atoms with Crippen molar-refractivity contribution in [2.75, 3.05) is 0 Å². The molecule has 25 heavy (non-hydrogen) atoms. The lowest BCUT2D eigenvalue weighted by Crippen LogP contribution is -2.52. The van der Waals surface area contributed by atoms with E-state index in [0.717, 1.165) is 12.2 Å². The zero-order chi connectivity index (χ0) is 19.1. The van der Waals surface area contributed by atoms with E-state index in [1.54, 1.807) is 0 Å². The zero-order valence-electron chi connectivity index (χ0n) is 17.3. The molecule has 2 atom stereocenters. The summed E-state index contributed by atoms with van der Waals surface area (Å²) in [5.74, 6) is 1.03. The van der Waals surface area contributed by atoms with Gasteiger partial charge in [0.2, 0.25) is 8.32 Å². The van der Waals surface area contributed by atoms with Crippen LogP contribution >= 0.6 is 0 Å². The van der Waals surface area contributed by atoms with Crippen LogP contribution in [0, 0.1) is 0 Å². The summed E-state index contributed by atoms with van der Waals surface area (Å²) in [7, 11) is -3.73. The van der Waals surface area contributed by atoms with E-state index in [2.05, 4.69) is 90.3 Å². The van der Waals surface area contributed by atoms with E-state index in [1.807, 2.05) is 0 Å². The van der Waals surface area contributed by atoms with E-state index in [1.165, 1.54) is 5.19 Å². The fourth-order valence-corrected chi connectivity index (χ4v) is 8.40. The van der Waals surface area contributed by atoms with E-state index in [4.69, 9.17) is 4.43 Å². The summed E-state index contributed by atoms with van der Waals surface area (Å²) >= 11 is 0. The molecule has 1 aromatic rings. The first-order chi connectivity index (χ1) is 11.3. The smallest absolute Gasteiger partial charge is 0.250 e. The minimum atomic E-state index is -1.88. The van der Waals surface area contributed by atoms with E-state index in [-0.39, 0.29) is 10.6 Å². The topological polar surface area (TPSA) is 29.5 Å². The van der Waals surface area contributed by atoms with Gasteiger partial charge < -0.3 is 9.53 Å². The van der Waals surface area contributed by atoms with Gasteiger partial charge in [-0.1, -0.05) is 76.3 Å². The summed E-state index contributed by atoms with van der Waals surface area (Å²) in [5, 5.41) is 13.0. The highest BCUT2D eigenvalue weighted by Gasteiger charge is 2.51. The quantitative estimate of drug-likeness (QED) is 0.695. The van der Waals surface area contributed by atoms with Gasteiger partial charge in [-0.15, -0.1) is 0 Å². The molecular weight excluding hydrogens is 340 g/mol. The number of benzene rings is 1. The predicted octanol–water partition coefficient (Wildman–Crippen LogP) is 5.42. The van der Waals surface area contributed by atoms with Crippen molar-refractivity contribution in [2.24, 2.45) is 0 Å². The fourth-order valence-electron chi connectivity index (χ4n) is 3.63. The second-order valence-electron chi connectivity index (χ2n) is 9.69. The first-order valence-corrected chi connectivity index (χ1v) is 15.5. The Balaban J connectivity index is 2.37. The minimum absolute atomic E-state index is 0.169. The van der Waals surface area contributed by atoms with Crippen LogP contribution in [-0.2, 0) is 4.43 Å². The highest BCUT2D eigenvalue weighted by Crippen LogP contribution is 2.49. The van der Waals surface area contributed by atoms with Crippen LogP contribution in [0.15, 0.2) is 42.2 Å². The minimum Gasteiger partial charge on any atom is -0.547 e. The molecule has 1 aliphatic carbocycles. The summed E-state index contributed by atoms with van der Waals surface area (Å²) in [4.78, 5) is 0. The molecule has 1 N–H and O–H groups in total. The average Bonchev–Trinajstić information content (AvgIpc) is 2.84. The second kappa shape index (κ2) is 6.71. The van der Waals surface area contributed by atoms with Crippen molar-refractivity contribution in [1.29, 1.82) is 0 Å². The molecule has 0 bridgehead atoms. The van der Waals surface area contributed by atoms with Gasteiger partial charge in [0.1, 0.15) is 0 Å². The van der Waals surface area contributed by atoms with E-state index < -0.39 is 22.0 Å². The maximum Gasteiger partial charge on any atom is 0.250 e. The summed E-state index contributed by atoms with van der Waals surface area (Å²) in [5.41, 5.74) is -0.490. The van der Waals surface area contributed by atoms with Crippen molar-refractivity contribution >= 4 is 21.6 Å². The number of aliphatic hydroxyl groups is 1. The lowest BCUT2D eigenvalue weighted by molar-refractivity contribution is 0.0414. The Labute approximate surface area is 156 Å². The zero-order valence-corrected chi connectivity index (χ0v) is 19.3. The molecule has 2 rings (SSSR count). The van der Waals surface area contributed by atoms with E-state index in [0.29, 0.717) is 6.42 Å². The summed E-state index contributed by atoms with van der Waals surface area (Å²) in [6.45, 7) is 18.2. The van der Waals surface area contributed by atoms with Gasteiger partial charge in [0, 0.05) is 12.0 Å². The first-order valence-electron chi connectivity index (χ1n) is 9.51. The highest BCUT2D eigenvalue weighted by atomic mass is 28.4. The number of hydrogen-bond acceptors (Lipinski definition) is 2. The molecule has 0 aliphatic heterocycles. The Kier molecular flexibility index (Phi) is 5.49. The molecule has 0 aromatic heterocycles. The molecule has 0 fully saturated rings. The number of rotatable bonds is 5. The molecule has 0 saturated heterocycles. The third-order valence-electron chi connectivity index (χ3n) is 6.51. The summed E-state index contributed by atoms with van der Waals surface area (Å²) < 4.78 is 6.58. The molecular formula is C21H36O2Si2. The summed E-state index contributed by atoms with van der Waals surface area (Å²) in [6, 6.07) is 10.7. The van der Waals surface area contributed by atoms with Gasteiger partial charge in [-0.2, -0.15) is 0 Å². The third-order valence-corrected chi connectivity index (χ3v) is 15.0. The van der Waals surface area contributed by atoms with Crippen molar-refractivity contribution in [3.63, 3.8) is 0 Å². The van der Waals surface area contributed by atoms with Crippen LogP contribution in [0.25, 0.3) is 0 Å². The van der Waals surface area contributed by atoms with Crippen LogP contribution in [0.2, 0.25) is 36.8 Å². The normalized spacial score (nSPS) is 25.0. The molecule has 0 amide bonds. The fraction of sp³-hybridized carbons (Fsp3) is 0.619. The van der Waals surface area contributed by atoms with Gasteiger partial charge in [-0.3, -0.25) is 0 Å². The molecule has 0 saturated carbocycles. The molecule has 1 aliphatic rings. The Hall–Kier alpha value is -0.846. The maximum absolute atomic E-state index is 11.4. The number of hydrogen-bond donors (Lipinski definition) is 1. The lowest BCUT2D eigenvalue weighted by atomic mass is 9.97. The van der Waals surface area contributed by atoms with E-state index in [9.17, 15) is 5.11 Å². The summed E-state index contributed by atoms with van der Waals surface area (Å²) in [6.07, 6.45) is 3.70. The van der Waals surface area contributed by atoms with Crippen molar-refractivity contribution in [3.8, 4) is 0 Å². The van der Waals surface area contributed by atoms with Crippen LogP contribution < -0.4 is 5.19 Å². The third kappa shape index (κ3) is 3.96. The Morgan fingerprint density at radius 3 is 2.16 bits per heavy atom. The van der Waals surface area contributed by atoms with E-state index >= 15 is 0 Å². The molecule has 4 heteroatoms. The van der Waals surface area contributed by atoms with Gasteiger partial charge >= 0.3 is 0 Å². The van der Waals surface area contributed by atoms with Crippen molar-refractivity contribution < 1.29 is 9.53 Å². The average molecular weight is 377 g/mol. The van der Waals surface area contributed by atoms with Gasteiger partial charge in [0.05, 0.1) is 19.4 Å². The standard InChI is InChI=1S/C21H36O2Si2/c1-9-21(22)16-17(23-25(7,8)20(2,3)4)15-19(21)24(5,6)18-13-11-10-12-14-18/h10-15,19,22H,9,16H2,1-8H3/t19-,21-/m0/s1. The largest absolute Gasteiger partial charge is 0.547 e. The molecule has 0 radical (unpaired) electrons. The van der Waals surface area contributed by atoms with Gasteiger partial charge in [0.15, 0.2) is 0 Å². The Morgan fingerprint density at radius 1 is 1.12 bits per heavy atom. The molecule has 140 valence electrons. The van der Waals surface area contributed by atoms with Crippen LogP contribution in [0.3, 0.4) is 0 Å². The molecule has 0 unspecified atom stereocenters. The van der Waals surface area contributed by atoms with Crippen LogP contribution in [0.4, 0.5) is 0 Å². The SMILES string of the molecule is CC[C@]1(O)CC(O[Si](C)(C)C(C)(C)C)=C[C@@H]1[Si](C)(C)c1ccccc1. The first kappa shape index (κ1) is 20.5. The van der Waals surface area contributed by atoms with Crippen molar-refractivity contribution in [1.82, 2.24) is 0 Å². The Morgan fingerprint density at radius 2 is 1.68 bits per heavy atom. The molecule has 1 aromatic carbocycles. The van der Waals surface area contributed by atoms with Crippen molar-refractivity contribution in [3.05, 3.63) is 42.2 Å². The van der Waals surface area contributed by atoms with Crippen molar-refractivity contribution in [2.45, 2.75) is 82.9 Å². The predicted molar refractivity (Wildman–Crippen MR) is 114 cm³/mol. The van der Waals surface area contributed by atoms with Gasteiger partial charge in [-0.05, 0) is 30.6 Å². The monoisotopic (exact) mass is 376 g/mol. The lowest BCUT2D eigenvalue weighted by Gasteiger charge is -2.39. The molecule has 0 heterocycles. The second-order valence-corrected chi connectivity index (χ2v) is 19.1.